The fraction of sp³-hybridized carbons (Fsp3) is 0.474. The summed E-state index contributed by atoms with van der Waals surface area (Å²) < 4.78 is 0. The molecule has 0 unspecified atom stereocenters. The van der Waals surface area contributed by atoms with Gasteiger partial charge in [0.2, 0.25) is 0 Å². The molecule has 0 heterocycles. The molecule has 2 nitrogen and oxygen atoms in total. The molecule has 0 spiro atoms. The van der Waals surface area contributed by atoms with Crippen molar-refractivity contribution in [3.05, 3.63) is 48.0 Å². The third-order valence-electron chi connectivity index (χ3n) is 3.59. The first kappa shape index (κ1) is 16.0. The van der Waals surface area contributed by atoms with Crippen LogP contribution in [0.3, 0.4) is 0 Å². The standard InChI is InChI=1S/C19H28N2/c1-19(2,3)21-13-6-12-20-14-11-16-9-10-17-7-4-5-8-18(17)15-16/h4-5,7-10,15,20-21H,6,11-14H2,1-3H3. The van der Waals surface area contributed by atoms with E-state index in [-0.39, 0.29) is 5.54 Å². The molecule has 0 saturated heterocycles. The van der Waals surface area contributed by atoms with E-state index in [1.807, 2.05) is 0 Å². The number of hydrogen-bond acceptors (Lipinski definition) is 2. The minimum Gasteiger partial charge on any atom is -0.316 e. The predicted octanol–water partition coefficient (Wildman–Crippen LogP) is 3.75. The lowest BCUT2D eigenvalue weighted by atomic mass is 10.1. The maximum Gasteiger partial charge on any atom is 0.00965 e. The van der Waals surface area contributed by atoms with E-state index in [2.05, 4.69) is 73.9 Å². The fourth-order valence-corrected chi connectivity index (χ4v) is 2.43. The Morgan fingerprint density at radius 2 is 1.62 bits per heavy atom. The van der Waals surface area contributed by atoms with Gasteiger partial charge < -0.3 is 10.6 Å². The van der Waals surface area contributed by atoms with Crippen LogP contribution in [-0.4, -0.2) is 25.2 Å². The summed E-state index contributed by atoms with van der Waals surface area (Å²) in [6.07, 6.45) is 2.27. The van der Waals surface area contributed by atoms with Gasteiger partial charge in [-0.3, -0.25) is 0 Å². The van der Waals surface area contributed by atoms with E-state index in [1.165, 1.54) is 22.8 Å². The van der Waals surface area contributed by atoms with Crippen molar-refractivity contribution >= 4 is 10.8 Å². The normalized spacial score (nSPS) is 12.0. The third kappa shape index (κ3) is 5.86. The third-order valence-corrected chi connectivity index (χ3v) is 3.59. The van der Waals surface area contributed by atoms with Crippen molar-refractivity contribution in [2.24, 2.45) is 0 Å². The Morgan fingerprint density at radius 1 is 0.857 bits per heavy atom. The van der Waals surface area contributed by atoms with Crippen LogP contribution >= 0.6 is 0 Å². The minimum atomic E-state index is 0.227. The number of rotatable bonds is 7. The van der Waals surface area contributed by atoms with E-state index < -0.39 is 0 Å². The fourth-order valence-electron chi connectivity index (χ4n) is 2.43. The summed E-state index contributed by atoms with van der Waals surface area (Å²) >= 11 is 0. The van der Waals surface area contributed by atoms with Gasteiger partial charge in [0, 0.05) is 5.54 Å². The van der Waals surface area contributed by atoms with Crippen molar-refractivity contribution in [3.8, 4) is 0 Å². The molecule has 2 heteroatoms. The van der Waals surface area contributed by atoms with Crippen molar-refractivity contribution in [1.82, 2.24) is 10.6 Å². The molecular weight excluding hydrogens is 256 g/mol. The molecule has 0 radical (unpaired) electrons. The van der Waals surface area contributed by atoms with Crippen LogP contribution in [0, 0.1) is 0 Å². The molecule has 2 aromatic carbocycles. The molecule has 114 valence electrons. The highest BCUT2D eigenvalue weighted by molar-refractivity contribution is 5.82. The highest BCUT2D eigenvalue weighted by Gasteiger charge is 2.06. The van der Waals surface area contributed by atoms with Crippen LogP contribution in [0.1, 0.15) is 32.8 Å². The van der Waals surface area contributed by atoms with Crippen LogP contribution in [0.2, 0.25) is 0 Å². The molecule has 0 amide bonds. The molecule has 21 heavy (non-hydrogen) atoms. The van der Waals surface area contributed by atoms with Gasteiger partial charge in [0.25, 0.3) is 0 Å². The number of benzene rings is 2. The lowest BCUT2D eigenvalue weighted by Crippen LogP contribution is -2.37. The first-order valence-corrected chi connectivity index (χ1v) is 7.98. The summed E-state index contributed by atoms with van der Waals surface area (Å²) in [5.74, 6) is 0. The van der Waals surface area contributed by atoms with E-state index >= 15 is 0 Å². The molecule has 0 atom stereocenters. The Balaban J connectivity index is 1.66. The summed E-state index contributed by atoms with van der Waals surface area (Å²) in [4.78, 5) is 0. The second-order valence-corrected chi connectivity index (χ2v) is 6.71. The van der Waals surface area contributed by atoms with Crippen LogP contribution in [0.25, 0.3) is 10.8 Å². The maximum absolute atomic E-state index is 3.53. The monoisotopic (exact) mass is 284 g/mol. The van der Waals surface area contributed by atoms with Crippen molar-refractivity contribution in [2.45, 2.75) is 39.2 Å². The van der Waals surface area contributed by atoms with Gasteiger partial charge in [-0.1, -0.05) is 42.5 Å². The first-order valence-electron chi connectivity index (χ1n) is 7.98. The lowest BCUT2D eigenvalue weighted by Gasteiger charge is -2.20. The molecule has 2 aromatic rings. The summed E-state index contributed by atoms with van der Waals surface area (Å²) in [6.45, 7) is 9.83. The summed E-state index contributed by atoms with van der Waals surface area (Å²) in [7, 11) is 0. The van der Waals surface area contributed by atoms with E-state index in [9.17, 15) is 0 Å². The zero-order valence-corrected chi connectivity index (χ0v) is 13.6. The number of fused-ring (bicyclic) bond motifs is 1. The van der Waals surface area contributed by atoms with Crippen molar-refractivity contribution in [1.29, 1.82) is 0 Å². The van der Waals surface area contributed by atoms with Crippen LogP contribution in [-0.2, 0) is 6.42 Å². The van der Waals surface area contributed by atoms with Crippen molar-refractivity contribution < 1.29 is 0 Å². The van der Waals surface area contributed by atoms with Gasteiger partial charge in [0.05, 0.1) is 0 Å². The lowest BCUT2D eigenvalue weighted by molar-refractivity contribution is 0.419. The molecule has 2 N–H and O–H groups in total. The Hall–Kier alpha value is -1.38. The molecule has 0 saturated carbocycles. The van der Waals surface area contributed by atoms with Gasteiger partial charge in [0.1, 0.15) is 0 Å². The number of nitrogens with one attached hydrogen (secondary N) is 2. The van der Waals surface area contributed by atoms with Crippen LogP contribution in [0.5, 0.6) is 0 Å². The molecule has 0 bridgehead atoms. The molecule has 0 fully saturated rings. The van der Waals surface area contributed by atoms with E-state index in [0.717, 1.165) is 26.1 Å². The molecule has 0 aliphatic heterocycles. The maximum atomic E-state index is 3.53. The van der Waals surface area contributed by atoms with Gasteiger partial charge in [0.15, 0.2) is 0 Å². The summed E-state index contributed by atoms with van der Waals surface area (Å²) in [6, 6.07) is 15.3. The van der Waals surface area contributed by atoms with E-state index in [1.54, 1.807) is 0 Å². The first-order chi connectivity index (χ1) is 10.0. The smallest absolute Gasteiger partial charge is 0.00965 e. The second kappa shape index (κ2) is 7.58. The van der Waals surface area contributed by atoms with Gasteiger partial charge in [-0.05, 0) is 69.6 Å². The molecule has 0 aromatic heterocycles. The SMILES string of the molecule is CC(C)(C)NCCCNCCc1ccc2ccccc2c1. The highest BCUT2D eigenvalue weighted by Crippen LogP contribution is 2.15. The Kier molecular flexibility index (Phi) is 5.77. The zero-order chi connectivity index (χ0) is 15.1. The topological polar surface area (TPSA) is 24.1 Å². The van der Waals surface area contributed by atoms with Gasteiger partial charge in [-0.2, -0.15) is 0 Å². The molecular formula is C19H28N2. The average Bonchev–Trinajstić information content (AvgIpc) is 2.45. The zero-order valence-electron chi connectivity index (χ0n) is 13.6. The van der Waals surface area contributed by atoms with Crippen molar-refractivity contribution in [2.75, 3.05) is 19.6 Å². The number of hydrogen-bond donors (Lipinski definition) is 2. The van der Waals surface area contributed by atoms with Crippen LogP contribution in [0.4, 0.5) is 0 Å². The molecule has 0 aliphatic carbocycles. The summed E-state index contributed by atoms with van der Waals surface area (Å²) in [5, 5.41) is 9.70. The Morgan fingerprint density at radius 3 is 2.38 bits per heavy atom. The second-order valence-electron chi connectivity index (χ2n) is 6.71. The summed E-state index contributed by atoms with van der Waals surface area (Å²) in [5.41, 5.74) is 1.64. The average molecular weight is 284 g/mol. The quantitative estimate of drug-likeness (QED) is 0.757. The largest absolute Gasteiger partial charge is 0.316 e. The van der Waals surface area contributed by atoms with E-state index in [4.69, 9.17) is 0 Å². The Bertz CT molecular complexity index is 555. The molecule has 0 aliphatic rings. The van der Waals surface area contributed by atoms with Gasteiger partial charge in [-0.15, -0.1) is 0 Å². The Labute approximate surface area is 128 Å². The molecule has 2 rings (SSSR count). The predicted molar refractivity (Wildman–Crippen MR) is 92.9 cm³/mol. The van der Waals surface area contributed by atoms with Gasteiger partial charge in [-0.25, -0.2) is 0 Å². The van der Waals surface area contributed by atoms with Gasteiger partial charge >= 0.3 is 0 Å². The minimum absolute atomic E-state index is 0.227. The van der Waals surface area contributed by atoms with E-state index in [0.29, 0.717) is 0 Å². The van der Waals surface area contributed by atoms with Crippen LogP contribution in [0.15, 0.2) is 42.5 Å². The highest BCUT2D eigenvalue weighted by atomic mass is 14.9. The van der Waals surface area contributed by atoms with Crippen molar-refractivity contribution in [3.63, 3.8) is 0 Å². The van der Waals surface area contributed by atoms with Crippen LogP contribution < -0.4 is 10.6 Å².